The van der Waals surface area contributed by atoms with E-state index >= 15 is 0 Å². The molecule has 0 bridgehead atoms. The summed E-state index contributed by atoms with van der Waals surface area (Å²) in [5.74, 6) is -0.453. The monoisotopic (exact) mass is 381 g/mol. The molecular formula is C16H13BrFNO2S. The summed E-state index contributed by atoms with van der Waals surface area (Å²) in [6, 6.07) is 11.1. The Balaban J connectivity index is 2.34. The lowest BCUT2D eigenvalue weighted by molar-refractivity contribution is 0.588. The van der Waals surface area contributed by atoms with E-state index in [9.17, 15) is 12.8 Å². The Morgan fingerprint density at radius 2 is 1.68 bits per heavy atom. The van der Waals surface area contributed by atoms with Crippen molar-refractivity contribution in [2.45, 2.75) is 18.7 Å². The number of halogens is 2. The van der Waals surface area contributed by atoms with Gasteiger partial charge in [0.05, 0.1) is 10.4 Å². The number of aryl methyl sites for hydroxylation is 2. The van der Waals surface area contributed by atoms with Gasteiger partial charge < -0.3 is 0 Å². The highest BCUT2D eigenvalue weighted by atomic mass is 79.9. The zero-order valence-electron chi connectivity index (χ0n) is 12.0. The minimum Gasteiger partial charge on any atom is -0.238 e. The van der Waals surface area contributed by atoms with E-state index in [1.165, 1.54) is 10.0 Å². The van der Waals surface area contributed by atoms with E-state index in [1.54, 1.807) is 43.3 Å². The molecule has 0 saturated heterocycles. The summed E-state index contributed by atoms with van der Waals surface area (Å²) in [7, 11) is -3.77. The summed E-state index contributed by atoms with van der Waals surface area (Å²) in [4.78, 5) is 0.180. The largest absolute Gasteiger partial charge is 0.268 e. The van der Waals surface area contributed by atoms with Crippen molar-refractivity contribution in [3.8, 4) is 0 Å². The fourth-order valence-electron chi connectivity index (χ4n) is 2.47. The molecule has 22 heavy (non-hydrogen) atoms. The lowest BCUT2D eigenvalue weighted by Gasteiger charge is -2.10. The van der Waals surface area contributed by atoms with Crippen molar-refractivity contribution in [3.05, 3.63) is 64.0 Å². The average molecular weight is 382 g/mol. The van der Waals surface area contributed by atoms with Gasteiger partial charge in [-0.15, -0.1) is 0 Å². The number of rotatable bonds is 2. The van der Waals surface area contributed by atoms with Crippen LogP contribution in [0.2, 0.25) is 0 Å². The van der Waals surface area contributed by atoms with Gasteiger partial charge >= 0.3 is 0 Å². The van der Waals surface area contributed by atoms with E-state index < -0.39 is 15.8 Å². The van der Waals surface area contributed by atoms with Crippen molar-refractivity contribution in [2.75, 3.05) is 0 Å². The molecule has 114 valence electrons. The Morgan fingerprint density at radius 1 is 1.05 bits per heavy atom. The first-order valence-corrected chi connectivity index (χ1v) is 8.83. The summed E-state index contributed by atoms with van der Waals surface area (Å²) in [5.41, 5.74) is 1.76. The maximum Gasteiger partial charge on any atom is 0.268 e. The molecule has 0 aliphatic rings. The lowest BCUT2D eigenvalue weighted by atomic mass is 10.2. The van der Waals surface area contributed by atoms with Crippen LogP contribution in [0.1, 0.15) is 11.3 Å². The molecule has 0 spiro atoms. The molecule has 1 heterocycles. The van der Waals surface area contributed by atoms with Crippen LogP contribution >= 0.6 is 15.9 Å². The van der Waals surface area contributed by atoms with Crippen LogP contribution in [0.5, 0.6) is 0 Å². The highest BCUT2D eigenvalue weighted by molar-refractivity contribution is 9.10. The van der Waals surface area contributed by atoms with Gasteiger partial charge in [0.1, 0.15) is 5.82 Å². The van der Waals surface area contributed by atoms with Gasteiger partial charge in [0, 0.05) is 15.6 Å². The van der Waals surface area contributed by atoms with Gasteiger partial charge in [0.2, 0.25) is 0 Å². The standard InChI is InChI=1S/C16H13BrFNO2S/c1-10-3-5-13(6-4-10)22(20,21)19-11(2)7-14-15(18)8-12(17)9-16(14)19/h3-9H,1-2H3. The van der Waals surface area contributed by atoms with Crippen molar-refractivity contribution in [1.82, 2.24) is 3.97 Å². The molecule has 3 rings (SSSR count). The smallest absolute Gasteiger partial charge is 0.238 e. The number of benzene rings is 2. The summed E-state index contributed by atoms with van der Waals surface area (Å²) < 4.78 is 41.5. The van der Waals surface area contributed by atoms with Gasteiger partial charge in [-0.2, -0.15) is 0 Å². The maximum absolute atomic E-state index is 14.0. The summed E-state index contributed by atoms with van der Waals surface area (Å²) in [6.45, 7) is 3.54. The molecule has 3 aromatic rings. The predicted molar refractivity (Wildman–Crippen MR) is 88.1 cm³/mol. The molecule has 1 aromatic heterocycles. The number of aromatic nitrogens is 1. The van der Waals surface area contributed by atoms with E-state index in [1.807, 2.05) is 6.92 Å². The zero-order valence-corrected chi connectivity index (χ0v) is 14.4. The first-order chi connectivity index (χ1) is 10.3. The van der Waals surface area contributed by atoms with Gasteiger partial charge in [-0.05, 0) is 44.2 Å². The SMILES string of the molecule is Cc1ccc(S(=O)(=O)n2c(C)cc3c(F)cc(Br)cc32)cc1. The molecule has 0 fully saturated rings. The molecule has 0 amide bonds. The van der Waals surface area contributed by atoms with E-state index in [4.69, 9.17) is 0 Å². The number of hydrogen-bond acceptors (Lipinski definition) is 2. The van der Waals surface area contributed by atoms with Gasteiger partial charge in [0.25, 0.3) is 10.0 Å². The average Bonchev–Trinajstić information content (AvgIpc) is 2.76. The second-order valence-electron chi connectivity index (χ2n) is 5.19. The third-order valence-electron chi connectivity index (χ3n) is 3.52. The second kappa shape index (κ2) is 5.21. The minimum absolute atomic E-state index is 0.180. The van der Waals surface area contributed by atoms with Gasteiger partial charge in [-0.1, -0.05) is 33.6 Å². The maximum atomic E-state index is 14.0. The van der Waals surface area contributed by atoms with E-state index in [-0.39, 0.29) is 10.3 Å². The molecule has 2 aromatic carbocycles. The molecule has 6 heteroatoms. The van der Waals surface area contributed by atoms with Crippen LogP contribution in [0.15, 0.2) is 51.8 Å². The van der Waals surface area contributed by atoms with Crippen LogP contribution in [0.4, 0.5) is 4.39 Å². The van der Waals surface area contributed by atoms with Crippen LogP contribution in [0.3, 0.4) is 0 Å². The Labute approximate surface area is 136 Å². The van der Waals surface area contributed by atoms with Crippen molar-refractivity contribution >= 4 is 36.9 Å². The summed E-state index contributed by atoms with van der Waals surface area (Å²) >= 11 is 3.21. The number of nitrogens with zero attached hydrogens (tertiary/aromatic N) is 1. The van der Waals surface area contributed by atoms with E-state index in [2.05, 4.69) is 15.9 Å². The van der Waals surface area contributed by atoms with Crippen molar-refractivity contribution in [2.24, 2.45) is 0 Å². The lowest BCUT2D eigenvalue weighted by Crippen LogP contribution is -2.14. The third-order valence-corrected chi connectivity index (χ3v) is 5.82. The fourth-order valence-corrected chi connectivity index (χ4v) is 4.42. The van der Waals surface area contributed by atoms with Gasteiger partial charge in [-0.3, -0.25) is 0 Å². The number of hydrogen-bond donors (Lipinski definition) is 0. The van der Waals surface area contributed by atoms with Crippen molar-refractivity contribution in [3.63, 3.8) is 0 Å². The number of fused-ring (bicyclic) bond motifs is 1. The Hall–Kier alpha value is -1.66. The highest BCUT2D eigenvalue weighted by Crippen LogP contribution is 2.30. The molecule has 3 nitrogen and oxygen atoms in total. The summed E-state index contributed by atoms with van der Waals surface area (Å²) in [6.07, 6.45) is 0. The third kappa shape index (κ3) is 2.36. The topological polar surface area (TPSA) is 39.1 Å². The van der Waals surface area contributed by atoms with Crippen LogP contribution < -0.4 is 0 Å². The van der Waals surface area contributed by atoms with E-state index in [0.29, 0.717) is 15.7 Å². The molecule has 0 aliphatic heterocycles. The van der Waals surface area contributed by atoms with Crippen molar-refractivity contribution < 1.29 is 12.8 Å². The molecule has 0 N–H and O–H groups in total. The van der Waals surface area contributed by atoms with Crippen LogP contribution in [-0.4, -0.2) is 12.4 Å². The normalized spacial score (nSPS) is 12.0. The quantitative estimate of drug-likeness (QED) is 0.659. The molecule has 0 radical (unpaired) electrons. The Morgan fingerprint density at radius 3 is 2.32 bits per heavy atom. The highest BCUT2D eigenvalue weighted by Gasteiger charge is 2.22. The summed E-state index contributed by atoms with van der Waals surface area (Å²) in [5, 5.41) is 0.288. The Kier molecular flexibility index (Phi) is 3.61. The zero-order chi connectivity index (χ0) is 16.1. The molecule has 0 saturated carbocycles. The molecule has 0 unspecified atom stereocenters. The van der Waals surface area contributed by atoms with Crippen LogP contribution in [0, 0.1) is 19.7 Å². The van der Waals surface area contributed by atoms with Crippen LogP contribution in [0.25, 0.3) is 10.9 Å². The van der Waals surface area contributed by atoms with Gasteiger partial charge in [-0.25, -0.2) is 16.8 Å². The Bertz CT molecular complexity index is 976. The molecule has 0 atom stereocenters. The second-order valence-corrected chi connectivity index (χ2v) is 7.89. The van der Waals surface area contributed by atoms with Crippen molar-refractivity contribution in [1.29, 1.82) is 0 Å². The van der Waals surface area contributed by atoms with E-state index in [0.717, 1.165) is 5.56 Å². The predicted octanol–water partition coefficient (Wildman–Crippen LogP) is 4.40. The fraction of sp³-hybridized carbons (Fsp3) is 0.125. The minimum atomic E-state index is -3.77. The first-order valence-electron chi connectivity index (χ1n) is 6.60. The first kappa shape index (κ1) is 15.2. The molecular weight excluding hydrogens is 369 g/mol. The molecule has 0 aliphatic carbocycles. The van der Waals surface area contributed by atoms with Crippen LogP contribution in [-0.2, 0) is 10.0 Å². The van der Waals surface area contributed by atoms with Gasteiger partial charge in [0.15, 0.2) is 0 Å².